The highest BCUT2D eigenvalue weighted by Crippen LogP contribution is 2.24. The zero-order valence-corrected chi connectivity index (χ0v) is 12.3. The van der Waals surface area contributed by atoms with Crippen molar-refractivity contribution in [3.63, 3.8) is 0 Å². The number of phenolic OH excluding ortho intramolecular Hbond substituents is 1. The first kappa shape index (κ1) is 13.8. The van der Waals surface area contributed by atoms with Crippen LogP contribution in [0.2, 0.25) is 0 Å². The summed E-state index contributed by atoms with van der Waals surface area (Å²) in [6.07, 6.45) is 2.08. The lowest BCUT2D eigenvalue weighted by Gasteiger charge is -2.10. The maximum atomic E-state index is 9.76. The lowest BCUT2D eigenvalue weighted by Crippen LogP contribution is -2.00. The summed E-state index contributed by atoms with van der Waals surface area (Å²) < 4.78 is 0. The van der Waals surface area contributed by atoms with E-state index in [-0.39, 0.29) is 0 Å². The van der Waals surface area contributed by atoms with E-state index in [1.165, 1.54) is 10.5 Å². The van der Waals surface area contributed by atoms with Crippen LogP contribution in [0.15, 0.2) is 41.3 Å². The maximum Gasteiger partial charge on any atom is 0.121 e. The Labute approximate surface area is 118 Å². The summed E-state index contributed by atoms with van der Waals surface area (Å²) in [5.74, 6) is 0.396. The average Bonchev–Trinajstić information content (AvgIpc) is 2.42. The summed E-state index contributed by atoms with van der Waals surface area (Å²) in [4.78, 5) is 1.25. The predicted octanol–water partition coefficient (Wildman–Crippen LogP) is 4.34. The molecule has 0 saturated heterocycles. The van der Waals surface area contributed by atoms with E-state index >= 15 is 0 Å². The number of phenols is 1. The molecule has 0 unspecified atom stereocenters. The van der Waals surface area contributed by atoms with Crippen LogP contribution in [0.25, 0.3) is 0 Å². The van der Waals surface area contributed by atoms with Crippen LogP contribution in [-0.2, 0) is 6.54 Å². The highest BCUT2D eigenvalue weighted by atomic mass is 32.2. The highest BCUT2D eigenvalue weighted by molar-refractivity contribution is 7.98. The normalized spacial score (nSPS) is 10.5. The third-order valence-electron chi connectivity index (χ3n) is 3.12. The van der Waals surface area contributed by atoms with E-state index < -0.39 is 0 Å². The molecule has 0 spiro atoms. The van der Waals surface area contributed by atoms with Crippen molar-refractivity contribution in [3.8, 4) is 5.75 Å². The molecule has 3 heteroatoms. The summed E-state index contributed by atoms with van der Waals surface area (Å²) in [5.41, 5.74) is 4.15. The van der Waals surface area contributed by atoms with Gasteiger partial charge in [0, 0.05) is 17.1 Å². The van der Waals surface area contributed by atoms with E-state index in [0.717, 1.165) is 23.4 Å². The molecule has 2 aromatic carbocycles. The predicted molar refractivity (Wildman–Crippen MR) is 83.1 cm³/mol. The molecule has 2 nitrogen and oxygen atoms in total. The van der Waals surface area contributed by atoms with Gasteiger partial charge in [0.25, 0.3) is 0 Å². The monoisotopic (exact) mass is 273 g/mol. The van der Waals surface area contributed by atoms with Gasteiger partial charge in [-0.05, 0) is 55.0 Å². The molecule has 0 aliphatic carbocycles. The number of nitrogens with one attached hydrogen (secondary N) is 1. The Morgan fingerprint density at radius 2 is 1.79 bits per heavy atom. The molecular weight excluding hydrogens is 254 g/mol. The summed E-state index contributed by atoms with van der Waals surface area (Å²) in [5, 5.41) is 13.2. The lowest BCUT2D eigenvalue weighted by atomic mass is 10.1. The number of aryl methyl sites for hydroxylation is 2. The Morgan fingerprint density at radius 1 is 1.11 bits per heavy atom. The third-order valence-corrected chi connectivity index (χ3v) is 3.84. The topological polar surface area (TPSA) is 32.3 Å². The van der Waals surface area contributed by atoms with Crippen molar-refractivity contribution in [2.45, 2.75) is 25.3 Å². The molecule has 2 aromatic rings. The number of hydrogen-bond donors (Lipinski definition) is 2. The van der Waals surface area contributed by atoms with Gasteiger partial charge in [0.2, 0.25) is 0 Å². The largest absolute Gasteiger partial charge is 0.507 e. The number of rotatable bonds is 4. The first-order valence-corrected chi connectivity index (χ1v) is 7.49. The Kier molecular flexibility index (Phi) is 4.38. The molecule has 0 radical (unpaired) electrons. The third kappa shape index (κ3) is 3.44. The summed E-state index contributed by atoms with van der Waals surface area (Å²) in [6, 6.07) is 12.4. The minimum atomic E-state index is 0.396. The maximum absolute atomic E-state index is 9.76. The Balaban J connectivity index is 2.10. The van der Waals surface area contributed by atoms with Crippen LogP contribution >= 0.6 is 11.8 Å². The van der Waals surface area contributed by atoms with Crippen LogP contribution in [0.1, 0.15) is 16.7 Å². The van der Waals surface area contributed by atoms with Crippen molar-refractivity contribution in [2.75, 3.05) is 11.6 Å². The molecule has 0 saturated carbocycles. The van der Waals surface area contributed by atoms with Crippen molar-refractivity contribution in [3.05, 3.63) is 53.1 Å². The molecule has 0 aliphatic rings. The number of hydrogen-bond acceptors (Lipinski definition) is 3. The SMILES string of the molecule is CSc1cccc(NCc2cc(C)c(O)c(C)c2)c1. The molecule has 0 aliphatic heterocycles. The van der Waals surface area contributed by atoms with Gasteiger partial charge in [-0.3, -0.25) is 0 Å². The highest BCUT2D eigenvalue weighted by Gasteiger charge is 2.03. The van der Waals surface area contributed by atoms with E-state index in [0.29, 0.717) is 5.75 Å². The van der Waals surface area contributed by atoms with Gasteiger partial charge in [-0.15, -0.1) is 11.8 Å². The summed E-state index contributed by atoms with van der Waals surface area (Å²) in [7, 11) is 0. The van der Waals surface area contributed by atoms with E-state index in [9.17, 15) is 5.11 Å². The molecule has 2 N–H and O–H groups in total. The fraction of sp³-hybridized carbons (Fsp3) is 0.250. The van der Waals surface area contributed by atoms with Gasteiger partial charge in [-0.25, -0.2) is 0 Å². The fourth-order valence-electron chi connectivity index (χ4n) is 2.08. The Bertz CT molecular complexity index is 558. The molecule has 100 valence electrons. The summed E-state index contributed by atoms with van der Waals surface area (Å²) >= 11 is 1.74. The number of thioether (sulfide) groups is 1. The molecule has 19 heavy (non-hydrogen) atoms. The number of aromatic hydroxyl groups is 1. The fourth-order valence-corrected chi connectivity index (χ4v) is 2.54. The van der Waals surface area contributed by atoms with Crippen molar-refractivity contribution in [1.29, 1.82) is 0 Å². The van der Waals surface area contributed by atoms with Crippen molar-refractivity contribution < 1.29 is 5.11 Å². The molecule has 0 fully saturated rings. The Morgan fingerprint density at radius 3 is 2.42 bits per heavy atom. The average molecular weight is 273 g/mol. The van der Waals surface area contributed by atoms with Gasteiger partial charge < -0.3 is 10.4 Å². The minimum Gasteiger partial charge on any atom is -0.507 e. The second-order valence-corrected chi connectivity index (χ2v) is 5.54. The van der Waals surface area contributed by atoms with Crippen LogP contribution in [0.3, 0.4) is 0 Å². The molecule has 2 rings (SSSR count). The van der Waals surface area contributed by atoms with Crippen molar-refractivity contribution in [1.82, 2.24) is 0 Å². The van der Waals surface area contributed by atoms with Crippen LogP contribution in [0, 0.1) is 13.8 Å². The van der Waals surface area contributed by atoms with Crippen LogP contribution in [0.4, 0.5) is 5.69 Å². The molecular formula is C16H19NOS. The van der Waals surface area contributed by atoms with Gasteiger partial charge in [-0.2, -0.15) is 0 Å². The second-order valence-electron chi connectivity index (χ2n) is 4.66. The molecule has 0 atom stereocenters. The van der Waals surface area contributed by atoms with Gasteiger partial charge >= 0.3 is 0 Å². The first-order chi connectivity index (χ1) is 9.10. The summed E-state index contributed by atoms with van der Waals surface area (Å²) in [6.45, 7) is 4.63. The van der Waals surface area contributed by atoms with E-state index in [1.807, 2.05) is 26.0 Å². The zero-order valence-electron chi connectivity index (χ0n) is 11.5. The smallest absolute Gasteiger partial charge is 0.121 e. The standard InChI is InChI=1S/C16H19NOS/c1-11-7-13(8-12(2)16(11)18)10-17-14-5-4-6-15(9-14)19-3/h4-9,17-18H,10H2,1-3H3. The van der Waals surface area contributed by atoms with Crippen LogP contribution in [0.5, 0.6) is 5.75 Å². The van der Waals surface area contributed by atoms with Crippen LogP contribution < -0.4 is 5.32 Å². The van der Waals surface area contributed by atoms with Gasteiger partial charge in [0.1, 0.15) is 5.75 Å². The lowest BCUT2D eigenvalue weighted by molar-refractivity contribution is 0.466. The molecule has 0 bridgehead atoms. The number of anilines is 1. The Hall–Kier alpha value is -1.61. The minimum absolute atomic E-state index is 0.396. The van der Waals surface area contributed by atoms with Gasteiger partial charge in [0.15, 0.2) is 0 Å². The molecule has 0 aromatic heterocycles. The van der Waals surface area contributed by atoms with Crippen molar-refractivity contribution in [2.24, 2.45) is 0 Å². The van der Waals surface area contributed by atoms with E-state index in [2.05, 4.69) is 35.8 Å². The zero-order chi connectivity index (χ0) is 13.8. The number of benzene rings is 2. The van der Waals surface area contributed by atoms with Crippen LogP contribution in [-0.4, -0.2) is 11.4 Å². The molecule has 0 heterocycles. The quantitative estimate of drug-likeness (QED) is 0.813. The first-order valence-electron chi connectivity index (χ1n) is 6.27. The second kappa shape index (κ2) is 6.02. The van der Waals surface area contributed by atoms with Gasteiger partial charge in [-0.1, -0.05) is 18.2 Å². The van der Waals surface area contributed by atoms with Gasteiger partial charge in [0.05, 0.1) is 0 Å². The van der Waals surface area contributed by atoms with E-state index in [1.54, 1.807) is 11.8 Å². The molecule has 0 amide bonds. The van der Waals surface area contributed by atoms with E-state index in [4.69, 9.17) is 0 Å². The van der Waals surface area contributed by atoms with Crippen molar-refractivity contribution >= 4 is 17.4 Å².